The quantitative estimate of drug-likeness (QED) is 0.613. The summed E-state index contributed by atoms with van der Waals surface area (Å²) in [5, 5.41) is 4.26. The second kappa shape index (κ2) is 4.34. The fourth-order valence-corrected chi connectivity index (χ4v) is 17.7. The van der Waals surface area contributed by atoms with Crippen LogP contribution in [0.15, 0.2) is 35.0 Å². The van der Waals surface area contributed by atoms with Gasteiger partial charge in [-0.3, -0.25) is 0 Å². The monoisotopic (exact) mass is 454 g/mol. The van der Waals surface area contributed by atoms with E-state index >= 15 is 0 Å². The average molecular weight is 454 g/mol. The van der Waals surface area contributed by atoms with E-state index in [1.54, 1.807) is 0 Å². The van der Waals surface area contributed by atoms with Crippen molar-refractivity contribution in [2.45, 2.75) is 0 Å². The summed E-state index contributed by atoms with van der Waals surface area (Å²) in [6.07, 6.45) is 0. The molecule has 2 rings (SSSR count). The second-order valence-electron chi connectivity index (χ2n) is 2.33. The van der Waals surface area contributed by atoms with Crippen LogP contribution in [0.1, 0.15) is 0 Å². The van der Waals surface area contributed by atoms with Crippen molar-refractivity contribution in [3.63, 3.8) is 0 Å². The van der Waals surface area contributed by atoms with E-state index in [1.807, 2.05) is 22.7 Å². The topological polar surface area (TPSA) is 0 Å². The van der Waals surface area contributed by atoms with E-state index in [-0.39, 0.29) is 0 Å². The third-order valence-corrected chi connectivity index (χ3v) is 26.6. The Morgan fingerprint density at radius 3 is 1.69 bits per heavy atom. The Kier molecular flexibility index (Phi) is 3.56. The minimum absolute atomic E-state index is 1.46. The maximum atomic E-state index is 3.88. The first-order valence-corrected chi connectivity index (χ1v) is 18.0. The molecule has 0 amide bonds. The molecule has 0 radical (unpaired) electrons. The fourth-order valence-electron chi connectivity index (χ4n) is 0.918. The minimum atomic E-state index is -2.24. The van der Waals surface area contributed by atoms with E-state index in [9.17, 15) is 0 Å². The van der Waals surface area contributed by atoms with Gasteiger partial charge in [-0.25, -0.2) is 0 Å². The number of thiophene rings is 2. The summed E-state index contributed by atoms with van der Waals surface area (Å²) in [7, 11) is 0. The summed E-state index contributed by atoms with van der Waals surface area (Å²) >= 11 is 9.18. The van der Waals surface area contributed by atoms with Crippen molar-refractivity contribution in [2.75, 3.05) is 0 Å². The van der Waals surface area contributed by atoms with Crippen molar-refractivity contribution in [3.8, 4) is 0 Å². The van der Waals surface area contributed by atoms with Crippen LogP contribution in [-0.4, -0.2) is 13.8 Å². The molecular weight excluding hydrogens is 448 g/mol. The van der Waals surface area contributed by atoms with Crippen molar-refractivity contribution in [1.82, 2.24) is 0 Å². The van der Waals surface area contributed by atoms with Crippen molar-refractivity contribution in [2.24, 2.45) is 0 Å². The maximum absolute atomic E-state index is 3.88. The molecule has 0 unspecified atom stereocenters. The zero-order valence-electron chi connectivity index (χ0n) is 6.44. The van der Waals surface area contributed by atoms with Crippen LogP contribution in [0.25, 0.3) is 0 Å². The summed E-state index contributed by atoms with van der Waals surface area (Å²) in [5.74, 6) is 0. The fraction of sp³-hybridized carbons (Fsp3) is 0. The molecule has 0 bridgehead atoms. The van der Waals surface area contributed by atoms with Crippen LogP contribution >= 0.6 is 48.2 Å². The van der Waals surface area contributed by atoms with Crippen molar-refractivity contribution in [3.05, 3.63) is 35.0 Å². The molecule has 2 heterocycles. The summed E-state index contributed by atoms with van der Waals surface area (Å²) in [5.41, 5.74) is 0. The van der Waals surface area contributed by atoms with Crippen LogP contribution in [0, 0.1) is 0 Å². The first kappa shape index (κ1) is 10.7. The van der Waals surface area contributed by atoms with Gasteiger partial charge in [0.1, 0.15) is 0 Å². The third kappa shape index (κ3) is 2.22. The van der Waals surface area contributed by atoms with E-state index in [4.69, 9.17) is 0 Å². The van der Waals surface area contributed by atoms with Gasteiger partial charge in [0.25, 0.3) is 0 Å². The molecule has 0 saturated heterocycles. The van der Waals surface area contributed by atoms with Crippen LogP contribution < -0.4 is 5.85 Å². The van der Waals surface area contributed by atoms with E-state index in [0.29, 0.717) is 0 Å². The van der Waals surface area contributed by atoms with Gasteiger partial charge >= 0.3 is 103 Å². The Hall–Kier alpha value is 1.15. The van der Waals surface area contributed by atoms with Crippen LogP contribution in [0.5, 0.6) is 0 Å². The Bertz CT molecular complexity index is 331. The molecule has 0 spiro atoms. The summed E-state index contributed by atoms with van der Waals surface area (Å²) in [4.78, 5) is 0. The summed E-state index contributed by atoms with van der Waals surface area (Å²) in [6, 6.07) is 8.62. The van der Waals surface area contributed by atoms with Gasteiger partial charge in [-0.1, -0.05) is 0 Å². The molecule has 0 N–H and O–H groups in total. The van der Waals surface area contributed by atoms with Crippen molar-refractivity contribution >= 4 is 67.8 Å². The Balaban J connectivity index is 2.42. The Labute approximate surface area is 101 Å². The molecule has 0 aliphatic heterocycles. The van der Waals surface area contributed by atoms with Gasteiger partial charge in [0.15, 0.2) is 0 Å². The molecule has 70 valence electrons. The van der Waals surface area contributed by atoms with E-state index in [0.717, 1.165) is 0 Å². The van der Waals surface area contributed by atoms with Crippen LogP contribution in [0.4, 0.5) is 0 Å². The molecule has 0 aromatic carbocycles. The standard InChI is InChI=1S/C8H6Br2S2Te/c9-13(10,7-3-1-5-11-7)8-4-2-6-12-8/h1-6H. The molecule has 2 aromatic rings. The van der Waals surface area contributed by atoms with Gasteiger partial charge in [0.2, 0.25) is 0 Å². The summed E-state index contributed by atoms with van der Waals surface area (Å²) in [6.45, 7) is 0. The van der Waals surface area contributed by atoms with Gasteiger partial charge in [-0.15, -0.1) is 0 Å². The van der Waals surface area contributed by atoms with Crippen LogP contribution in [0.2, 0.25) is 0 Å². The molecule has 5 heteroatoms. The molecule has 0 saturated carbocycles. The number of halogens is 2. The predicted octanol–water partition coefficient (Wildman–Crippen LogP) is 3.16. The van der Waals surface area contributed by atoms with E-state index in [2.05, 4.69) is 60.5 Å². The number of rotatable bonds is 2. The van der Waals surface area contributed by atoms with Crippen LogP contribution in [0.3, 0.4) is 0 Å². The molecular formula is C8H6Br2S2Te. The predicted molar refractivity (Wildman–Crippen MR) is 71.5 cm³/mol. The molecule has 0 nitrogen and oxygen atoms in total. The van der Waals surface area contributed by atoms with Gasteiger partial charge < -0.3 is 0 Å². The second-order valence-corrected chi connectivity index (χ2v) is 29.9. The molecule has 0 aliphatic rings. The number of hydrogen-bond donors (Lipinski definition) is 0. The van der Waals surface area contributed by atoms with Crippen molar-refractivity contribution < 1.29 is 0 Å². The van der Waals surface area contributed by atoms with Crippen LogP contribution in [-0.2, 0) is 0 Å². The SMILES string of the molecule is Br[Te](Br)(c1cccs1)c1cccs1. The first-order valence-electron chi connectivity index (χ1n) is 3.51. The van der Waals surface area contributed by atoms with Gasteiger partial charge in [0.05, 0.1) is 0 Å². The zero-order chi connectivity index (χ0) is 9.31. The van der Waals surface area contributed by atoms with Crippen molar-refractivity contribution in [1.29, 1.82) is 0 Å². The molecule has 13 heavy (non-hydrogen) atoms. The van der Waals surface area contributed by atoms with E-state index < -0.39 is 13.8 Å². The van der Waals surface area contributed by atoms with Gasteiger partial charge in [-0.2, -0.15) is 0 Å². The molecule has 0 aliphatic carbocycles. The Morgan fingerprint density at radius 1 is 0.923 bits per heavy atom. The third-order valence-electron chi connectivity index (χ3n) is 1.50. The van der Waals surface area contributed by atoms with Gasteiger partial charge in [0, 0.05) is 0 Å². The number of hydrogen-bond acceptors (Lipinski definition) is 2. The van der Waals surface area contributed by atoms with Gasteiger partial charge in [-0.05, 0) is 0 Å². The first-order chi connectivity index (χ1) is 6.21. The molecule has 0 atom stereocenters. The normalized spacial score (nSPS) is 13.1. The van der Waals surface area contributed by atoms with E-state index in [1.165, 1.54) is 5.85 Å². The Morgan fingerprint density at radius 2 is 1.38 bits per heavy atom. The summed E-state index contributed by atoms with van der Waals surface area (Å²) < 4.78 is 2.93. The molecule has 0 fully saturated rings. The average Bonchev–Trinajstić information content (AvgIpc) is 2.78. The molecule has 2 aromatic heterocycles. The zero-order valence-corrected chi connectivity index (χ0v) is 13.6.